The molecule has 0 spiro atoms. The van der Waals surface area contributed by atoms with Crippen molar-refractivity contribution in [2.45, 2.75) is 25.0 Å². The van der Waals surface area contributed by atoms with E-state index in [-0.39, 0.29) is 29.9 Å². The van der Waals surface area contributed by atoms with Gasteiger partial charge in [0.25, 0.3) is 5.91 Å². The molecule has 5 rings (SSSR count). The van der Waals surface area contributed by atoms with Gasteiger partial charge in [-0.15, -0.1) is 0 Å². The number of rotatable bonds is 7. The van der Waals surface area contributed by atoms with E-state index in [1.165, 1.54) is 21.9 Å². The van der Waals surface area contributed by atoms with E-state index in [0.717, 1.165) is 14.8 Å². The number of piperidine rings is 1. The highest BCUT2D eigenvalue weighted by Gasteiger charge is 2.28. The lowest BCUT2D eigenvalue weighted by Gasteiger charge is -2.32. The van der Waals surface area contributed by atoms with E-state index >= 15 is 0 Å². The molecule has 13 heteroatoms. The topological polar surface area (TPSA) is 147 Å². The minimum atomic E-state index is -1.07. The third-order valence-corrected chi connectivity index (χ3v) is 7.43. The van der Waals surface area contributed by atoms with Gasteiger partial charge in [-0.2, -0.15) is 14.6 Å². The Morgan fingerprint density at radius 3 is 2.46 bits per heavy atom. The van der Waals surface area contributed by atoms with Gasteiger partial charge in [-0.3, -0.25) is 9.36 Å². The number of likely N-dealkylation sites (tertiary alicyclic amines) is 1. The molecule has 3 heterocycles. The van der Waals surface area contributed by atoms with Gasteiger partial charge in [0.1, 0.15) is 0 Å². The van der Waals surface area contributed by atoms with Crippen molar-refractivity contribution >= 4 is 51.2 Å². The van der Waals surface area contributed by atoms with Crippen molar-refractivity contribution in [1.82, 2.24) is 29.3 Å². The monoisotopic (exact) mass is 645 g/mol. The number of benzene rings is 2. The molecule has 0 aliphatic carbocycles. The number of nitrogens with one attached hydrogen (secondary N) is 2. The van der Waals surface area contributed by atoms with E-state index in [2.05, 4.69) is 38.3 Å². The van der Waals surface area contributed by atoms with Crippen LogP contribution in [0.5, 0.6) is 0 Å². The van der Waals surface area contributed by atoms with E-state index in [9.17, 15) is 19.5 Å². The molecule has 2 aromatic heterocycles. The molecule has 4 N–H and O–H groups in total. The summed E-state index contributed by atoms with van der Waals surface area (Å²) in [5.41, 5.74) is 2.00. The highest BCUT2D eigenvalue weighted by molar-refractivity contribution is 14.1. The number of imidazole rings is 1. The Balaban J connectivity index is 1.34. The zero-order valence-corrected chi connectivity index (χ0v) is 23.1. The first-order chi connectivity index (χ1) is 18.9. The molecule has 1 unspecified atom stereocenters. The van der Waals surface area contributed by atoms with Crippen molar-refractivity contribution in [2.24, 2.45) is 0 Å². The summed E-state index contributed by atoms with van der Waals surface area (Å²) in [7, 11) is 0. The number of para-hydroxylation sites is 2. The Labute approximate surface area is 236 Å². The zero-order valence-electron chi connectivity index (χ0n) is 20.9. The highest BCUT2D eigenvalue weighted by atomic mass is 127. The summed E-state index contributed by atoms with van der Waals surface area (Å²) in [4.78, 5) is 42.0. The number of aliphatic hydroxyl groups excluding tert-OH is 2. The predicted molar refractivity (Wildman–Crippen MR) is 153 cm³/mol. The van der Waals surface area contributed by atoms with Crippen LogP contribution in [-0.4, -0.2) is 78.5 Å². The van der Waals surface area contributed by atoms with Gasteiger partial charge in [0.15, 0.2) is 0 Å². The Morgan fingerprint density at radius 2 is 1.77 bits per heavy atom. The lowest BCUT2D eigenvalue weighted by Crippen LogP contribution is -2.43. The van der Waals surface area contributed by atoms with Crippen LogP contribution in [0.2, 0.25) is 0 Å². The standard InChI is InChI=1S/C26H28IN7O5/c27-18-5-7-19(8-6-18)30-25(38)31-11-9-20(10-12-31)33-22-3-1-2-4-23(22)34(26(33)39)32-15-17(13-29-32)24(37)28-14-21(36)16-35/h1-8,13,15,20-21,35-36H,9-12,14,16H2,(H,28,37)(H,30,38). The van der Waals surface area contributed by atoms with Crippen LogP contribution < -0.4 is 16.3 Å². The first-order valence-corrected chi connectivity index (χ1v) is 13.6. The summed E-state index contributed by atoms with van der Waals surface area (Å²) in [6.45, 7) is 0.420. The summed E-state index contributed by atoms with van der Waals surface area (Å²) in [5.74, 6) is -0.485. The molecule has 1 aliphatic heterocycles. The molecule has 0 saturated carbocycles. The Kier molecular flexibility index (Phi) is 7.99. The van der Waals surface area contributed by atoms with Crippen LogP contribution in [0.15, 0.2) is 65.7 Å². The van der Waals surface area contributed by atoms with Crippen LogP contribution in [0.3, 0.4) is 0 Å². The van der Waals surface area contributed by atoms with E-state index < -0.39 is 18.6 Å². The summed E-state index contributed by atoms with van der Waals surface area (Å²) < 4.78 is 4.23. The normalized spacial score (nSPS) is 14.9. The van der Waals surface area contributed by atoms with Crippen LogP contribution in [0.25, 0.3) is 11.0 Å². The molecule has 0 radical (unpaired) electrons. The first kappa shape index (κ1) is 26.9. The quantitative estimate of drug-likeness (QED) is 0.226. The maximum absolute atomic E-state index is 13.7. The van der Waals surface area contributed by atoms with Crippen molar-refractivity contribution in [2.75, 3.05) is 31.6 Å². The molecule has 4 aromatic rings. The highest BCUT2D eigenvalue weighted by Crippen LogP contribution is 2.26. The van der Waals surface area contributed by atoms with Crippen molar-refractivity contribution in [3.8, 4) is 0 Å². The lowest BCUT2D eigenvalue weighted by atomic mass is 10.0. The number of carbonyl (C=O) groups excluding carboxylic acids is 2. The van der Waals surface area contributed by atoms with E-state index in [1.807, 2.05) is 48.5 Å². The fourth-order valence-corrected chi connectivity index (χ4v) is 5.04. The van der Waals surface area contributed by atoms with Crippen molar-refractivity contribution in [3.05, 3.63) is 80.5 Å². The maximum Gasteiger partial charge on any atom is 0.350 e. The minimum absolute atomic E-state index is 0.110. The second kappa shape index (κ2) is 11.6. The predicted octanol–water partition coefficient (Wildman–Crippen LogP) is 1.87. The van der Waals surface area contributed by atoms with E-state index in [1.54, 1.807) is 9.47 Å². The number of anilines is 1. The molecule has 3 amide bonds. The second-order valence-electron chi connectivity index (χ2n) is 9.30. The van der Waals surface area contributed by atoms with Crippen LogP contribution in [0, 0.1) is 3.57 Å². The summed E-state index contributed by atoms with van der Waals surface area (Å²) in [6, 6.07) is 14.7. The number of aromatic nitrogens is 4. The van der Waals surface area contributed by atoms with Crippen molar-refractivity contribution in [1.29, 1.82) is 0 Å². The van der Waals surface area contributed by atoms with Gasteiger partial charge in [-0.1, -0.05) is 12.1 Å². The minimum Gasteiger partial charge on any atom is -0.394 e. The molecule has 1 aliphatic rings. The van der Waals surface area contributed by atoms with Crippen molar-refractivity contribution in [3.63, 3.8) is 0 Å². The van der Waals surface area contributed by atoms with Gasteiger partial charge in [-0.05, 0) is 71.8 Å². The van der Waals surface area contributed by atoms with Gasteiger partial charge in [0, 0.05) is 34.9 Å². The van der Waals surface area contributed by atoms with E-state index in [4.69, 9.17) is 5.11 Å². The number of hydrogen-bond acceptors (Lipinski definition) is 6. The molecule has 1 fully saturated rings. The zero-order chi connectivity index (χ0) is 27.5. The first-order valence-electron chi connectivity index (χ1n) is 12.5. The third kappa shape index (κ3) is 5.69. The third-order valence-electron chi connectivity index (χ3n) is 6.71. The average Bonchev–Trinajstić information content (AvgIpc) is 3.55. The van der Waals surface area contributed by atoms with Crippen LogP contribution in [0.4, 0.5) is 10.5 Å². The van der Waals surface area contributed by atoms with Crippen LogP contribution in [-0.2, 0) is 0 Å². The SMILES string of the molecule is O=C(NCC(O)CO)c1cnn(-n2c(=O)n(C3CCN(C(=O)Nc4ccc(I)cc4)CC3)c3ccccc32)c1. The fourth-order valence-electron chi connectivity index (χ4n) is 4.69. The molecule has 39 heavy (non-hydrogen) atoms. The lowest BCUT2D eigenvalue weighted by molar-refractivity contribution is 0.0802. The molecule has 1 atom stereocenters. The number of amides is 3. The molecule has 0 bridgehead atoms. The van der Waals surface area contributed by atoms with Crippen LogP contribution in [0.1, 0.15) is 29.2 Å². The summed E-state index contributed by atoms with van der Waals surface area (Å²) >= 11 is 2.21. The molecular weight excluding hydrogens is 617 g/mol. The van der Waals surface area contributed by atoms with Crippen LogP contribution >= 0.6 is 22.6 Å². The number of urea groups is 1. The van der Waals surface area contributed by atoms with E-state index in [0.29, 0.717) is 31.4 Å². The molecule has 2 aromatic carbocycles. The number of carbonyl (C=O) groups is 2. The number of halogens is 1. The van der Waals surface area contributed by atoms with Gasteiger partial charge in [-0.25, -0.2) is 9.59 Å². The fraction of sp³-hybridized carbons (Fsp3) is 0.308. The second-order valence-corrected chi connectivity index (χ2v) is 10.5. The largest absolute Gasteiger partial charge is 0.394 e. The smallest absolute Gasteiger partial charge is 0.350 e. The Bertz CT molecular complexity index is 1540. The number of aliphatic hydroxyl groups is 2. The van der Waals surface area contributed by atoms with Crippen molar-refractivity contribution < 1.29 is 19.8 Å². The number of hydrogen-bond donors (Lipinski definition) is 4. The molecular formula is C26H28IN7O5. The van der Waals surface area contributed by atoms with Gasteiger partial charge in [0.2, 0.25) is 0 Å². The van der Waals surface area contributed by atoms with Gasteiger partial charge in [0.05, 0.1) is 41.7 Å². The van der Waals surface area contributed by atoms with Gasteiger partial charge >= 0.3 is 11.7 Å². The number of fused-ring (bicyclic) bond motifs is 1. The number of nitrogens with zero attached hydrogens (tertiary/aromatic N) is 5. The molecule has 12 nitrogen and oxygen atoms in total. The average molecular weight is 645 g/mol. The summed E-state index contributed by atoms with van der Waals surface area (Å²) in [5, 5.41) is 28.1. The Morgan fingerprint density at radius 1 is 1.08 bits per heavy atom. The maximum atomic E-state index is 13.7. The molecule has 1 saturated heterocycles. The molecule has 204 valence electrons. The van der Waals surface area contributed by atoms with Gasteiger partial charge < -0.3 is 25.7 Å². The Hall–Kier alpha value is -3.69. The summed E-state index contributed by atoms with van der Waals surface area (Å²) in [6.07, 6.45) is 2.92.